The monoisotopic (exact) mass is 399 g/mol. The molecule has 8 nitrogen and oxygen atoms in total. The Morgan fingerprint density at radius 3 is 2.55 bits per heavy atom. The largest absolute Gasteiger partial charge is 0.496 e. The number of hydrogen-bond acceptors (Lipinski definition) is 5. The first-order chi connectivity index (χ1) is 13.8. The molecule has 3 aromatic rings. The third kappa shape index (κ3) is 4.27. The number of imidazole rings is 1. The van der Waals surface area contributed by atoms with Crippen LogP contribution in [0.25, 0.3) is 11.2 Å². The van der Waals surface area contributed by atoms with Gasteiger partial charge in [-0.2, -0.15) is 0 Å². The van der Waals surface area contributed by atoms with E-state index >= 15 is 0 Å². The number of fused-ring (bicyclic) bond motifs is 1. The molecule has 0 saturated heterocycles. The van der Waals surface area contributed by atoms with E-state index in [9.17, 15) is 9.59 Å². The number of nitrogens with zero attached hydrogens (tertiary/aromatic N) is 4. The second-order valence-corrected chi connectivity index (χ2v) is 7.59. The van der Waals surface area contributed by atoms with Crippen LogP contribution in [0.3, 0.4) is 0 Å². The summed E-state index contributed by atoms with van der Waals surface area (Å²) in [5.41, 5.74) is 1.37. The molecule has 1 N–H and O–H groups in total. The van der Waals surface area contributed by atoms with Gasteiger partial charge in [-0.15, -0.1) is 0 Å². The van der Waals surface area contributed by atoms with Gasteiger partial charge in [0.15, 0.2) is 11.2 Å². The highest BCUT2D eigenvalue weighted by molar-refractivity contribution is 5.69. The van der Waals surface area contributed by atoms with Gasteiger partial charge in [-0.3, -0.25) is 13.9 Å². The third-order valence-corrected chi connectivity index (χ3v) is 5.31. The molecule has 156 valence electrons. The highest BCUT2D eigenvalue weighted by Crippen LogP contribution is 2.19. The smallest absolute Gasteiger partial charge is 0.332 e. The van der Waals surface area contributed by atoms with Crippen LogP contribution in [0.2, 0.25) is 0 Å². The molecular formula is C21H29N5O3. The fraction of sp³-hybridized carbons (Fsp3) is 0.476. The summed E-state index contributed by atoms with van der Waals surface area (Å²) in [6, 6.07) is 8.57. The number of para-hydroxylation sites is 1. The van der Waals surface area contributed by atoms with E-state index in [0.29, 0.717) is 17.7 Å². The summed E-state index contributed by atoms with van der Waals surface area (Å²) >= 11 is 0. The molecule has 0 amide bonds. The number of ether oxygens (including phenoxy) is 1. The minimum Gasteiger partial charge on any atom is -0.496 e. The molecule has 0 fully saturated rings. The number of aromatic nitrogens is 4. The van der Waals surface area contributed by atoms with Crippen LogP contribution in [-0.4, -0.2) is 37.9 Å². The Kier molecular flexibility index (Phi) is 6.22. The summed E-state index contributed by atoms with van der Waals surface area (Å²) in [5, 5.41) is 3.61. The molecule has 0 aliphatic rings. The Hall–Kier alpha value is -2.87. The van der Waals surface area contributed by atoms with E-state index in [0.717, 1.165) is 23.2 Å². The molecule has 0 aliphatic heterocycles. The normalized spacial score (nSPS) is 13.6. The average Bonchev–Trinajstić information content (AvgIpc) is 3.13. The van der Waals surface area contributed by atoms with E-state index in [-0.39, 0.29) is 23.3 Å². The van der Waals surface area contributed by atoms with Crippen molar-refractivity contribution in [3.05, 3.63) is 57.0 Å². The topological polar surface area (TPSA) is 83.1 Å². The van der Waals surface area contributed by atoms with Crippen molar-refractivity contribution in [1.82, 2.24) is 24.0 Å². The van der Waals surface area contributed by atoms with Crippen molar-refractivity contribution in [3.63, 3.8) is 0 Å². The van der Waals surface area contributed by atoms with Gasteiger partial charge in [0.25, 0.3) is 5.56 Å². The molecule has 2 unspecified atom stereocenters. The second kappa shape index (κ2) is 8.65. The molecule has 2 heterocycles. The SMILES string of the molecule is COc1ccccc1CC(C)NC(C)CCn1cnc2c1c(=O)n(C)c(=O)n2C. The number of hydrogen-bond donors (Lipinski definition) is 1. The molecule has 0 saturated carbocycles. The molecule has 0 aliphatic carbocycles. The summed E-state index contributed by atoms with van der Waals surface area (Å²) in [5.74, 6) is 0.903. The predicted octanol–water partition coefficient (Wildman–Crippen LogP) is 1.44. The molecule has 8 heteroatoms. The van der Waals surface area contributed by atoms with Crippen molar-refractivity contribution in [2.75, 3.05) is 7.11 Å². The van der Waals surface area contributed by atoms with Crippen molar-refractivity contribution < 1.29 is 4.74 Å². The molecule has 2 aromatic heterocycles. The lowest BCUT2D eigenvalue weighted by molar-refractivity contribution is 0.397. The first kappa shape index (κ1) is 20.9. The van der Waals surface area contributed by atoms with E-state index in [1.54, 1.807) is 20.5 Å². The summed E-state index contributed by atoms with van der Waals surface area (Å²) in [6.07, 6.45) is 3.33. The first-order valence-electron chi connectivity index (χ1n) is 9.82. The minimum absolute atomic E-state index is 0.244. The van der Waals surface area contributed by atoms with Crippen molar-refractivity contribution in [2.45, 2.75) is 45.3 Å². The Balaban J connectivity index is 1.66. The fourth-order valence-corrected chi connectivity index (χ4v) is 3.73. The van der Waals surface area contributed by atoms with Crippen LogP contribution < -0.4 is 21.3 Å². The van der Waals surface area contributed by atoms with Crippen LogP contribution in [0.4, 0.5) is 0 Å². The quantitative estimate of drug-likeness (QED) is 0.620. The van der Waals surface area contributed by atoms with Gasteiger partial charge < -0.3 is 14.6 Å². The second-order valence-electron chi connectivity index (χ2n) is 7.59. The van der Waals surface area contributed by atoms with Crippen molar-refractivity contribution in [2.24, 2.45) is 14.1 Å². The highest BCUT2D eigenvalue weighted by atomic mass is 16.5. The average molecular weight is 399 g/mol. The Morgan fingerprint density at radius 2 is 1.83 bits per heavy atom. The van der Waals surface area contributed by atoms with Gasteiger partial charge in [0.1, 0.15) is 5.75 Å². The first-order valence-corrected chi connectivity index (χ1v) is 9.82. The third-order valence-electron chi connectivity index (χ3n) is 5.31. The van der Waals surface area contributed by atoms with Crippen LogP contribution in [0.5, 0.6) is 5.75 Å². The van der Waals surface area contributed by atoms with Gasteiger partial charge in [-0.05, 0) is 38.3 Å². The molecule has 0 bridgehead atoms. The molecule has 29 heavy (non-hydrogen) atoms. The maximum atomic E-state index is 12.5. The van der Waals surface area contributed by atoms with Crippen molar-refractivity contribution in [3.8, 4) is 5.75 Å². The molecule has 1 aromatic carbocycles. The summed E-state index contributed by atoms with van der Waals surface area (Å²) in [4.78, 5) is 28.9. The van der Waals surface area contributed by atoms with E-state index in [1.165, 1.54) is 17.2 Å². The maximum Gasteiger partial charge on any atom is 0.332 e. The van der Waals surface area contributed by atoms with Gasteiger partial charge in [-0.1, -0.05) is 18.2 Å². The zero-order valence-corrected chi connectivity index (χ0v) is 17.7. The van der Waals surface area contributed by atoms with Crippen LogP contribution in [-0.2, 0) is 27.1 Å². The lowest BCUT2D eigenvalue weighted by atomic mass is 10.0. The van der Waals surface area contributed by atoms with Gasteiger partial charge in [-0.25, -0.2) is 9.78 Å². The van der Waals surface area contributed by atoms with Gasteiger partial charge >= 0.3 is 5.69 Å². The molecule has 0 radical (unpaired) electrons. The standard InChI is InChI=1S/C21H29N5O3/c1-14(23-15(2)12-16-8-6-7-9-17(16)29-5)10-11-26-13-22-19-18(26)20(27)25(4)21(28)24(19)3/h6-9,13-15,23H,10-12H2,1-5H3. The number of aryl methyl sites for hydroxylation is 2. The van der Waals surface area contributed by atoms with Crippen LogP contribution in [0.1, 0.15) is 25.8 Å². The van der Waals surface area contributed by atoms with Crippen molar-refractivity contribution >= 4 is 11.2 Å². The predicted molar refractivity (Wildman–Crippen MR) is 114 cm³/mol. The summed E-state index contributed by atoms with van der Waals surface area (Å²) in [7, 11) is 4.81. The summed E-state index contributed by atoms with van der Waals surface area (Å²) in [6.45, 7) is 4.92. The van der Waals surface area contributed by atoms with Gasteiger partial charge in [0.2, 0.25) is 0 Å². The lowest BCUT2D eigenvalue weighted by Gasteiger charge is -2.21. The lowest BCUT2D eigenvalue weighted by Crippen LogP contribution is -2.38. The van der Waals surface area contributed by atoms with Crippen LogP contribution in [0.15, 0.2) is 40.2 Å². The van der Waals surface area contributed by atoms with E-state index < -0.39 is 0 Å². The molecule has 0 spiro atoms. The van der Waals surface area contributed by atoms with E-state index in [1.807, 2.05) is 22.8 Å². The Morgan fingerprint density at radius 1 is 1.10 bits per heavy atom. The van der Waals surface area contributed by atoms with Crippen LogP contribution in [0, 0.1) is 0 Å². The van der Waals surface area contributed by atoms with Crippen LogP contribution >= 0.6 is 0 Å². The maximum absolute atomic E-state index is 12.5. The molecule has 2 atom stereocenters. The highest BCUT2D eigenvalue weighted by Gasteiger charge is 2.15. The van der Waals surface area contributed by atoms with E-state index in [4.69, 9.17) is 4.74 Å². The Bertz CT molecular complexity index is 1110. The number of rotatable bonds is 8. The zero-order valence-electron chi connectivity index (χ0n) is 17.7. The molecule has 3 rings (SSSR count). The Labute approximate surface area is 169 Å². The number of nitrogens with one attached hydrogen (secondary N) is 1. The minimum atomic E-state index is -0.368. The number of benzene rings is 1. The molecular weight excluding hydrogens is 370 g/mol. The zero-order chi connectivity index (χ0) is 21.1. The summed E-state index contributed by atoms with van der Waals surface area (Å²) < 4.78 is 9.80. The van der Waals surface area contributed by atoms with E-state index in [2.05, 4.69) is 30.2 Å². The van der Waals surface area contributed by atoms with Crippen molar-refractivity contribution in [1.29, 1.82) is 0 Å². The fourth-order valence-electron chi connectivity index (χ4n) is 3.73. The number of methoxy groups -OCH3 is 1. The van der Waals surface area contributed by atoms with Gasteiger partial charge in [0.05, 0.1) is 13.4 Å². The van der Waals surface area contributed by atoms with Gasteiger partial charge in [0, 0.05) is 32.7 Å².